The zero-order valence-electron chi connectivity index (χ0n) is 10.9. The first-order chi connectivity index (χ1) is 8.30. The van der Waals surface area contributed by atoms with Gasteiger partial charge in [0.05, 0.1) is 12.2 Å². The van der Waals surface area contributed by atoms with Gasteiger partial charge in [0.2, 0.25) is 0 Å². The molecule has 1 aromatic rings. The quantitative estimate of drug-likeness (QED) is 0.708. The Morgan fingerprint density at radius 3 is 2.33 bits per heavy atom. The van der Waals surface area contributed by atoms with Gasteiger partial charge in [0.15, 0.2) is 5.82 Å². The summed E-state index contributed by atoms with van der Waals surface area (Å²) in [5.41, 5.74) is -0.530. The van der Waals surface area contributed by atoms with Gasteiger partial charge in [-0.1, -0.05) is 0 Å². The minimum atomic E-state index is -0.825. The van der Waals surface area contributed by atoms with E-state index in [2.05, 4.69) is 4.98 Å². The Hall–Kier alpha value is -1.40. The first-order valence-corrected chi connectivity index (χ1v) is 6.00. The fourth-order valence-corrected chi connectivity index (χ4v) is 2.09. The first-order valence-electron chi connectivity index (χ1n) is 6.00. The van der Waals surface area contributed by atoms with Crippen LogP contribution in [0, 0.1) is 0 Å². The maximum Gasteiger partial charge on any atom is 0.293 e. The molecule has 0 spiro atoms. The van der Waals surface area contributed by atoms with Crippen LogP contribution in [0.3, 0.4) is 0 Å². The molecular weight excluding hydrogens is 234 g/mol. The van der Waals surface area contributed by atoms with Crippen LogP contribution in [-0.2, 0) is 5.54 Å². The lowest BCUT2D eigenvalue weighted by Crippen LogP contribution is -2.38. The fourth-order valence-electron chi connectivity index (χ4n) is 2.09. The van der Waals surface area contributed by atoms with Gasteiger partial charge in [0, 0.05) is 31.0 Å². The second-order valence-electron chi connectivity index (χ2n) is 5.64. The van der Waals surface area contributed by atoms with Crippen molar-refractivity contribution in [2.45, 2.75) is 38.5 Å². The molecule has 1 aliphatic rings. The topological polar surface area (TPSA) is 78.6 Å². The molecule has 18 heavy (non-hydrogen) atoms. The molecule has 100 valence electrons. The second kappa shape index (κ2) is 4.37. The van der Waals surface area contributed by atoms with Crippen molar-refractivity contribution in [2.24, 2.45) is 0 Å². The molecule has 2 N–H and O–H groups in total. The highest BCUT2D eigenvalue weighted by Gasteiger charge is 2.32. The van der Waals surface area contributed by atoms with Gasteiger partial charge in [-0.25, -0.2) is 4.98 Å². The van der Waals surface area contributed by atoms with E-state index in [1.165, 1.54) is 0 Å². The van der Waals surface area contributed by atoms with E-state index < -0.39 is 12.2 Å². The molecule has 6 heteroatoms. The number of hydrogen-bond donors (Lipinski definition) is 2. The molecule has 0 bridgehead atoms. The number of nitrogens with zero attached hydrogens (tertiary/aromatic N) is 3. The summed E-state index contributed by atoms with van der Waals surface area (Å²) in [5, 5.41) is 19.0. The van der Waals surface area contributed by atoms with Crippen LogP contribution in [0.25, 0.3) is 0 Å². The number of aliphatic hydroxyl groups is 2. The van der Waals surface area contributed by atoms with Crippen LogP contribution in [0.5, 0.6) is 0 Å². The van der Waals surface area contributed by atoms with Crippen LogP contribution >= 0.6 is 0 Å². The molecule has 1 aromatic heterocycles. The molecule has 2 unspecified atom stereocenters. The minimum Gasteiger partial charge on any atom is -0.389 e. The predicted octanol–water partition coefficient (Wildman–Crippen LogP) is -0.460. The van der Waals surface area contributed by atoms with E-state index in [1.54, 1.807) is 21.9 Å². The van der Waals surface area contributed by atoms with Gasteiger partial charge in [-0.3, -0.25) is 4.79 Å². The number of hydrogen-bond acceptors (Lipinski definition) is 5. The van der Waals surface area contributed by atoms with Gasteiger partial charge in [-0.2, -0.15) is 0 Å². The SMILES string of the molecule is CC(C)(C)n1ccnc(N2CC(O)C(O)C2)c1=O. The van der Waals surface area contributed by atoms with Gasteiger partial charge in [0.1, 0.15) is 0 Å². The molecule has 0 aromatic carbocycles. The van der Waals surface area contributed by atoms with E-state index in [9.17, 15) is 15.0 Å². The summed E-state index contributed by atoms with van der Waals surface area (Å²) in [6, 6.07) is 0. The molecule has 0 amide bonds. The van der Waals surface area contributed by atoms with E-state index in [4.69, 9.17) is 0 Å². The maximum absolute atomic E-state index is 12.3. The van der Waals surface area contributed by atoms with Gasteiger partial charge in [-0.05, 0) is 20.8 Å². The van der Waals surface area contributed by atoms with Gasteiger partial charge in [-0.15, -0.1) is 0 Å². The Balaban J connectivity index is 2.39. The van der Waals surface area contributed by atoms with E-state index in [0.717, 1.165) is 0 Å². The summed E-state index contributed by atoms with van der Waals surface area (Å²) in [4.78, 5) is 18.0. The van der Waals surface area contributed by atoms with E-state index >= 15 is 0 Å². The van der Waals surface area contributed by atoms with Crippen molar-refractivity contribution < 1.29 is 10.2 Å². The van der Waals surface area contributed by atoms with Crippen LogP contribution in [0.4, 0.5) is 5.82 Å². The smallest absolute Gasteiger partial charge is 0.293 e. The minimum absolute atomic E-state index is 0.202. The summed E-state index contributed by atoms with van der Waals surface area (Å²) in [6.07, 6.45) is 1.57. The molecule has 0 saturated carbocycles. The van der Waals surface area contributed by atoms with E-state index in [-0.39, 0.29) is 30.0 Å². The standard InChI is InChI=1S/C12H19N3O3/c1-12(2,3)15-5-4-13-10(11(15)18)14-6-8(16)9(17)7-14/h4-5,8-9,16-17H,6-7H2,1-3H3. The lowest BCUT2D eigenvalue weighted by atomic mass is 10.1. The molecule has 1 fully saturated rings. The van der Waals surface area contributed by atoms with E-state index in [0.29, 0.717) is 0 Å². The average molecular weight is 253 g/mol. The second-order valence-corrected chi connectivity index (χ2v) is 5.64. The van der Waals surface area contributed by atoms with Crippen LogP contribution < -0.4 is 10.5 Å². The fraction of sp³-hybridized carbons (Fsp3) is 0.667. The van der Waals surface area contributed by atoms with E-state index in [1.807, 2.05) is 20.8 Å². The first kappa shape index (κ1) is 13.0. The maximum atomic E-state index is 12.3. The molecule has 2 atom stereocenters. The zero-order valence-corrected chi connectivity index (χ0v) is 10.9. The van der Waals surface area contributed by atoms with Gasteiger partial charge in [0.25, 0.3) is 5.56 Å². The summed E-state index contributed by atoms with van der Waals surface area (Å²) < 4.78 is 1.60. The molecule has 0 aliphatic carbocycles. The molecule has 1 saturated heterocycles. The Morgan fingerprint density at radius 1 is 1.28 bits per heavy atom. The Morgan fingerprint density at radius 2 is 1.83 bits per heavy atom. The molecular formula is C12H19N3O3. The lowest BCUT2D eigenvalue weighted by molar-refractivity contribution is 0.0572. The number of aromatic nitrogens is 2. The Bertz CT molecular complexity index is 482. The van der Waals surface area contributed by atoms with Crippen LogP contribution in [-0.4, -0.2) is 45.1 Å². The van der Waals surface area contributed by atoms with Crippen molar-refractivity contribution in [3.63, 3.8) is 0 Å². The summed E-state index contributed by atoms with van der Waals surface area (Å²) >= 11 is 0. The third-order valence-corrected chi connectivity index (χ3v) is 3.10. The third-order valence-electron chi connectivity index (χ3n) is 3.10. The van der Waals surface area contributed by atoms with Crippen LogP contribution in [0.15, 0.2) is 17.2 Å². The van der Waals surface area contributed by atoms with Crippen molar-refractivity contribution >= 4 is 5.82 Å². The zero-order chi connectivity index (χ0) is 13.5. The molecule has 6 nitrogen and oxygen atoms in total. The normalized spacial score (nSPS) is 24.6. The highest BCUT2D eigenvalue weighted by Crippen LogP contribution is 2.17. The monoisotopic (exact) mass is 253 g/mol. The number of β-amino-alcohol motifs (C(OH)–C–C–N with tert-alkyl or cyclic N) is 2. The number of aliphatic hydroxyl groups excluding tert-OH is 2. The molecule has 2 rings (SSSR count). The lowest BCUT2D eigenvalue weighted by Gasteiger charge is -2.24. The van der Waals surface area contributed by atoms with Gasteiger partial charge < -0.3 is 19.7 Å². The third kappa shape index (κ3) is 2.26. The summed E-state index contributed by atoms with van der Waals surface area (Å²) in [5.74, 6) is 0.281. The van der Waals surface area contributed by atoms with Gasteiger partial charge >= 0.3 is 0 Å². The highest BCUT2D eigenvalue weighted by atomic mass is 16.3. The molecule has 0 radical (unpaired) electrons. The number of anilines is 1. The Kier molecular flexibility index (Phi) is 3.16. The predicted molar refractivity (Wildman–Crippen MR) is 67.7 cm³/mol. The van der Waals surface area contributed by atoms with Crippen molar-refractivity contribution in [3.8, 4) is 0 Å². The highest BCUT2D eigenvalue weighted by molar-refractivity contribution is 5.38. The number of rotatable bonds is 1. The van der Waals surface area contributed by atoms with Crippen molar-refractivity contribution in [1.82, 2.24) is 9.55 Å². The van der Waals surface area contributed by atoms with Crippen LogP contribution in [0.1, 0.15) is 20.8 Å². The average Bonchev–Trinajstić information content (AvgIpc) is 2.57. The summed E-state index contributed by atoms with van der Waals surface area (Å²) in [7, 11) is 0. The van der Waals surface area contributed by atoms with Crippen molar-refractivity contribution in [1.29, 1.82) is 0 Å². The van der Waals surface area contributed by atoms with Crippen molar-refractivity contribution in [2.75, 3.05) is 18.0 Å². The van der Waals surface area contributed by atoms with Crippen molar-refractivity contribution in [3.05, 3.63) is 22.7 Å². The largest absolute Gasteiger partial charge is 0.389 e. The summed E-state index contributed by atoms with van der Waals surface area (Å²) in [6.45, 7) is 6.28. The molecule has 1 aliphatic heterocycles. The Labute approximate surface area is 106 Å². The molecule has 2 heterocycles. The van der Waals surface area contributed by atoms with Crippen LogP contribution in [0.2, 0.25) is 0 Å².